The van der Waals surface area contributed by atoms with Gasteiger partial charge in [-0.1, -0.05) is 44.0 Å². The van der Waals surface area contributed by atoms with Gasteiger partial charge < -0.3 is 10.2 Å². The van der Waals surface area contributed by atoms with E-state index in [0.717, 1.165) is 0 Å². The van der Waals surface area contributed by atoms with Crippen LogP contribution in [0.15, 0.2) is 12.2 Å². The van der Waals surface area contributed by atoms with E-state index >= 15 is 0 Å². The number of allylic oxidation sites excluding steroid dienone is 2. The minimum absolute atomic E-state index is 0.0255. The number of rotatable bonds is 2. The Labute approximate surface area is 82.6 Å². The topological polar surface area (TPSA) is 40.5 Å². The van der Waals surface area contributed by atoms with Gasteiger partial charge in [-0.15, -0.1) is 0 Å². The van der Waals surface area contributed by atoms with Crippen molar-refractivity contribution in [3.05, 3.63) is 12.2 Å². The number of halogens is 2. The number of alkyl halides is 2. The highest BCUT2D eigenvalue weighted by Gasteiger charge is 2.44. The van der Waals surface area contributed by atoms with Gasteiger partial charge >= 0.3 is 0 Å². The highest BCUT2D eigenvalue weighted by Crippen LogP contribution is 2.41. The summed E-state index contributed by atoms with van der Waals surface area (Å²) < 4.78 is 0. The van der Waals surface area contributed by atoms with Crippen molar-refractivity contribution in [2.75, 3.05) is 13.2 Å². The molecule has 0 aromatic heterocycles. The Hall–Kier alpha value is 0.620. The van der Waals surface area contributed by atoms with Gasteiger partial charge in [0.1, 0.15) is 0 Å². The molecule has 2 atom stereocenters. The SMILES string of the molecule is OCC1(CO)C(Br)C=CC1Br. The summed E-state index contributed by atoms with van der Waals surface area (Å²) in [5.41, 5.74) is -0.472. The van der Waals surface area contributed by atoms with Gasteiger partial charge in [0.05, 0.1) is 13.2 Å². The lowest BCUT2D eigenvalue weighted by Crippen LogP contribution is -2.41. The smallest absolute Gasteiger partial charge is 0.0537 e. The maximum Gasteiger partial charge on any atom is 0.0537 e. The van der Waals surface area contributed by atoms with E-state index in [9.17, 15) is 0 Å². The van der Waals surface area contributed by atoms with E-state index in [-0.39, 0.29) is 22.9 Å². The second kappa shape index (κ2) is 3.56. The zero-order valence-corrected chi connectivity index (χ0v) is 9.05. The normalized spacial score (nSPS) is 34.5. The van der Waals surface area contributed by atoms with Gasteiger partial charge in [-0.2, -0.15) is 0 Å². The molecule has 11 heavy (non-hydrogen) atoms. The van der Waals surface area contributed by atoms with Crippen LogP contribution in [0.3, 0.4) is 0 Å². The van der Waals surface area contributed by atoms with Gasteiger partial charge in [-0.3, -0.25) is 0 Å². The quantitative estimate of drug-likeness (QED) is 0.588. The van der Waals surface area contributed by atoms with Crippen molar-refractivity contribution < 1.29 is 10.2 Å². The summed E-state index contributed by atoms with van der Waals surface area (Å²) in [5, 5.41) is 18.2. The average Bonchev–Trinajstić information content (AvgIpc) is 2.29. The van der Waals surface area contributed by atoms with Crippen LogP contribution in [0.4, 0.5) is 0 Å². The fraction of sp³-hybridized carbons (Fsp3) is 0.714. The van der Waals surface area contributed by atoms with E-state index in [0.29, 0.717) is 0 Å². The van der Waals surface area contributed by atoms with Crippen LogP contribution in [0.1, 0.15) is 0 Å². The molecule has 1 aliphatic rings. The minimum atomic E-state index is -0.472. The summed E-state index contributed by atoms with van der Waals surface area (Å²) in [4.78, 5) is 0.101. The van der Waals surface area contributed by atoms with Crippen LogP contribution in [-0.2, 0) is 0 Å². The Kier molecular flexibility index (Phi) is 3.14. The Morgan fingerprint density at radius 1 is 1.09 bits per heavy atom. The molecule has 0 spiro atoms. The molecule has 0 bridgehead atoms. The average molecular weight is 286 g/mol. The summed E-state index contributed by atoms with van der Waals surface area (Å²) in [7, 11) is 0. The lowest BCUT2D eigenvalue weighted by Gasteiger charge is -2.31. The van der Waals surface area contributed by atoms with Crippen LogP contribution < -0.4 is 0 Å². The lowest BCUT2D eigenvalue weighted by molar-refractivity contribution is 0.0758. The number of hydrogen-bond donors (Lipinski definition) is 2. The molecule has 0 saturated heterocycles. The molecule has 0 aromatic rings. The van der Waals surface area contributed by atoms with Crippen LogP contribution in [0.5, 0.6) is 0 Å². The van der Waals surface area contributed by atoms with Gasteiger partial charge in [0.25, 0.3) is 0 Å². The van der Waals surface area contributed by atoms with Crippen molar-refractivity contribution in [1.82, 2.24) is 0 Å². The molecule has 0 amide bonds. The van der Waals surface area contributed by atoms with Gasteiger partial charge in [-0.05, 0) is 0 Å². The maximum atomic E-state index is 9.10. The van der Waals surface area contributed by atoms with Crippen molar-refractivity contribution in [2.45, 2.75) is 9.65 Å². The van der Waals surface area contributed by atoms with E-state index in [1.807, 2.05) is 12.2 Å². The Bertz CT molecular complexity index is 152. The molecule has 0 heterocycles. The molecule has 64 valence electrons. The highest BCUT2D eigenvalue weighted by atomic mass is 79.9. The summed E-state index contributed by atoms with van der Waals surface area (Å²) in [6.45, 7) is -0.0509. The van der Waals surface area contributed by atoms with E-state index < -0.39 is 5.41 Å². The molecule has 1 aliphatic carbocycles. The third kappa shape index (κ3) is 1.41. The zero-order valence-electron chi connectivity index (χ0n) is 5.87. The van der Waals surface area contributed by atoms with Crippen LogP contribution >= 0.6 is 31.9 Å². The molecule has 2 unspecified atom stereocenters. The van der Waals surface area contributed by atoms with Crippen molar-refractivity contribution in [3.63, 3.8) is 0 Å². The van der Waals surface area contributed by atoms with Crippen LogP contribution in [0.25, 0.3) is 0 Å². The Morgan fingerprint density at radius 3 is 1.64 bits per heavy atom. The van der Waals surface area contributed by atoms with Crippen LogP contribution in [0.2, 0.25) is 0 Å². The number of aliphatic hydroxyl groups excluding tert-OH is 2. The Morgan fingerprint density at radius 2 is 1.45 bits per heavy atom. The third-order valence-corrected chi connectivity index (χ3v) is 4.57. The number of aliphatic hydroxyl groups is 2. The first-order valence-corrected chi connectivity index (χ1v) is 5.18. The minimum Gasteiger partial charge on any atom is -0.396 e. The van der Waals surface area contributed by atoms with Crippen molar-refractivity contribution in [3.8, 4) is 0 Å². The lowest BCUT2D eigenvalue weighted by atomic mass is 9.87. The fourth-order valence-corrected chi connectivity index (χ4v) is 2.99. The first kappa shape index (κ1) is 9.71. The monoisotopic (exact) mass is 284 g/mol. The third-order valence-electron chi connectivity index (χ3n) is 2.14. The van der Waals surface area contributed by atoms with Crippen LogP contribution in [0, 0.1) is 5.41 Å². The molecular weight excluding hydrogens is 276 g/mol. The van der Waals surface area contributed by atoms with Crippen LogP contribution in [-0.4, -0.2) is 33.1 Å². The molecule has 0 aliphatic heterocycles. The van der Waals surface area contributed by atoms with Gasteiger partial charge in [0.15, 0.2) is 0 Å². The van der Waals surface area contributed by atoms with E-state index in [1.54, 1.807) is 0 Å². The molecule has 1 rings (SSSR count). The maximum absolute atomic E-state index is 9.10. The molecule has 0 aromatic carbocycles. The first-order valence-electron chi connectivity index (χ1n) is 3.35. The predicted octanol–water partition coefficient (Wildman–Crippen LogP) is 1.05. The molecule has 0 fully saturated rings. The predicted molar refractivity (Wildman–Crippen MR) is 51.2 cm³/mol. The molecule has 0 radical (unpaired) electrons. The van der Waals surface area contributed by atoms with Crippen molar-refractivity contribution in [1.29, 1.82) is 0 Å². The first-order chi connectivity index (χ1) is 5.17. The second-order valence-corrected chi connectivity index (χ2v) is 4.71. The van der Waals surface area contributed by atoms with E-state index in [4.69, 9.17) is 10.2 Å². The van der Waals surface area contributed by atoms with Gasteiger partial charge in [0, 0.05) is 15.1 Å². The largest absolute Gasteiger partial charge is 0.396 e. The summed E-state index contributed by atoms with van der Waals surface area (Å²) in [5.74, 6) is 0. The van der Waals surface area contributed by atoms with Gasteiger partial charge in [0.2, 0.25) is 0 Å². The van der Waals surface area contributed by atoms with E-state index in [2.05, 4.69) is 31.9 Å². The zero-order chi connectivity index (χ0) is 8.48. The molecule has 0 saturated carbocycles. The summed E-state index contributed by atoms with van der Waals surface area (Å²) in [6.07, 6.45) is 3.87. The van der Waals surface area contributed by atoms with E-state index in [1.165, 1.54) is 0 Å². The summed E-state index contributed by atoms with van der Waals surface area (Å²) >= 11 is 6.77. The fourth-order valence-electron chi connectivity index (χ4n) is 1.13. The number of hydrogen-bond acceptors (Lipinski definition) is 2. The molecule has 2 N–H and O–H groups in total. The second-order valence-electron chi connectivity index (χ2n) is 2.74. The van der Waals surface area contributed by atoms with Crippen molar-refractivity contribution in [2.24, 2.45) is 5.41 Å². The summed E-state index contributed by atoms with van der Waals surface area (Å²) in [6, 6.07) is 0. The van der Waals surface area contributed by atoms with Crippen molar-refractivity contribution >= 4 is 31.9 Å². The molecule has 2 nitrogen and oxygen atoms in total. The molecule has 4 heteroatoms. The Balaban J connectivity index is 2.82. The standard InChI is InChI=1S/C7H10Br2O2/c8-5-1-2-6(9)7(5,3-10)4-11/h1-2,5-6,10-11H,3-4H2. The highest BCUT2D eigenvalue weighted by molar-refractivity contribution is 9.10. The van der Waals surface area contributed by atoms with Gasteiger partial charge in [-0.25, -0.2) is 0 Å². The molecular formula is C7H10Br2O2.